The molecule has 0 aliphatic heterocycles. The Kier molecular flexibility index (Phi) is 7.25. The number of benzene rings is 2. The van der Waals surface area contributed by atoms with Gasteiger partial charge in [-0.3, -0.25) is 9.36 Å². The zero-order valence-corrected chi connectivity index (χ0v) is 21.3. The minimum Gasteiger partial charge on any atom is -0.373 e. The van der Waals surface area contributed by atoms with Gasteiger partial charge in [0, 0.05) is 55.3 Å². The Balaban J connectivity index is 1.69. The van der Waals surface area contributed by atoms with Crippen LogP contribution in [0.2, 0.25) is 5.02 Å². The Morgan fingerprint density at radius 2 is 1.86 bits per heavy atom. The van der Waals surface area contributed by atoms with Crippen molar-refractivity contribution in [3.05, 3.63) is 75.4 Å². The molecule has 0 fully saturated rings. The number of hydrogen-bond donors (Lipinski definition) is 1. The Bertz CT molecular complexity index is 1530. The van der Waals surface area contributed by atoms with Gasteiger partial charge in [0.2, 0.25) is 5.95 Å². The molecule has 0 aliphatic rings. The SMILES string of the molecule is C#Cc1c(-c2cc(F)ccc2Cl)c(=O)n(C)c2nc(Nc3ccc(N(C)CCN(C)C)cc3)ncc12. The summed E-state index contributed by atoms with van der Waals surface area (Å²) in [6.07, 6.45) is 7.34. The first-order valence-electron chi connectivity index (χ1n) is 11.2. The van der Waals surface area contributed by atoms with Gasteiger partial charge in [-0.15, -0.1) is 6.42 Å². The molecule has 0 radical (unpaired) electrons. The summed E-state index contributed by atoms with van der Waals surface area (Å²) in [6.45, 7) is 1.86. The Morgan fingerprint density at radius 3 is 2.53 bits per heavy atom. The number of anilines is 3. The van der Waals surface area contributed by atoms with Crippen molar-refractivity contribution in [2.45, 2.75) is 0 Å². The van der Waals surface area contributed by atoms with Gasteiger partial charge in [-0.05, 0) is 56.6 Å². The summed E-state index contributed by atoms with van der Waals surface area (Å²) in [7, 11) is 7.72. The molecule has 7 nitrogen and oxygen atoms in total. The molecular formula is C27H26ClFN6O. The zero-order chi connectivity index (χ0) is 26.0. The lowest BCUT2D eigenvalue weighted by molar-refractivity contribution is 0.416. The van der Waals surface area contributed by atoms with Gasteiger partial charge in [0.05, 0.1) is 16.5 Å². The minimum atomic E-state index is -0.523. The number of fused-ring (bicyclic) bond motifs is 1. The number of terminal acetylenes is 1. The van der Waals surface area contributed by atoms with E-state index in [1.165, 1.54) is 22.8 Å². The van der Waals surface area contributed by atoms with Crippen molar-refractivity contribution in [3.8, 4) is 23.5 Å². The summed E-state index contributed by atoms with van der Waals surface area (Å²) < 4.78 is 15.3. The number of nitrogens with zero attached hydrogens (tertiary/aromatic N) is 5. The molecular weight excluding hydrogens is 479 g/mol. The van der Waals surface area contributed by atoms with Crippen LogP contribution in [0.5, 0.6) is 0 Å². The molecule has 0 saturated heterocycles. The Hall–Kier alpha value is -3.93. The summed E-state index contributed by atoms with van der Waals surface area (Å²) in [5, 5.41) is 3.88. The maximum absolute atomic E-state index is 14.0. The topological polar surface area (TPSA) is 66.3 Å². The van der Waals surface area contributed by atoms with Crippen LogP contribution in [0.4, 0.5) is 21.7 Å². The van der Waals surface area contributed by atoms with Crippen molar-refractivity contribution in [2.24, 2.45) is 7.05 Å². The van der Waals surface area contributed by atoms with Gasteiger partial charge in [0.15, 0.2) is 0 Å². The Labute approximate surface area is 214 Å². The van der Waals surface area contributed by atoms with Crippen LogP contribution < -0.4 is 15.8 Å². The summed E-state index contributed by atoms with van der Waals surface area (Å²) in [5.41, 5.74) is 2.42. The fourth-order valence-corrected chi connectivity index (χ4v) is 4.08. The predicted molar refractivity (Wildman–Crippen MR) is 145 cm³/mol. The summed E-state index contributed by atoms with van der Waals surface area (Å²) >= 11 is 6.28. The number of pyridine rings is 1. The largest absolute Gasteiger partial charge is 0.373 e. The zero-order valence-electron chi connectivity index (χ0n) is 20.5. The van der Waals surface area contributed by atoms with Crippen LogP contribution in [0.1, 0.15) is 5.56 Å². The first-order valence-corrected chi connectivity index (χ1v) is 11.6. The monoisotopic (exact) mass is 504 g/mol. The fourth-order valence-electron chi connectivity index (χ4n) is 3.87. The van der Waals surface area contributed by atoms with E-state index in [1.807, 2.05) is 45.4 Å². The van der Waals surface area contributed by atoms with E-state index < -0.39 is 11.4 Å². The predicted octanol–water partition coefficient (Wildman–Crippen LogP) is 4.51. The highest BCUT2D eigenvalue weighted by atomic mass is 35.5. The molecule has 4 rings (SSSR count). The van der Waals surface area contributed by atoms with Crippen molar-refractivity contribution in [2.75, 3.05) is 44.4 Å². The highest BCUT2D eigenvalue weighted by Gasteiger charge is 2.20. The van der Waals surface area contributed by atoms with Crippen LogP contribution in [0.3, 0.4) is 0 Å². The first kappa shape index (κ1) is 25.2. The number of rotatable bonds is 7. The van der Waals surface area contributed by atoms with Gasteiger partial charge >= 0.3 is 0 Å². The quantitative estimate of drug-likeness (QED) is 0.374. The number of aromatic nitrogens is 3. The van der Waals surface area contributed by atoms with Crippen LogP contribution >= 0.6 is 11.6 Å². The van der Waals surface area contributed by atoms with Crippen LogP contribution in [0.25, 0.3) is 22.2 Å². The Morgan fingerprint density at radius 1 is 1.14 bits per heavy atom. The standard InChI is InChI=1S/C27H26ClFN6O/c1-6-20-22-16-30-27(31-18-8-10-19(11-9-18)34(4)14-13-33(2)3)32-25(22)35(5)26(36)24(20)21-15-17(29)7-12-23(21)28/h1,7-12,15-16H,13-14H2,2-5H3,(H,30,31,32). The molecule has 2 aromatic heterocycles. The van der Waals surface area contributed by atoms with Crippen LogP contribution in [0.15, 0.2) is 53.5 Å². The summed E-state index contributed by atoms with van der Waals surface area (Å²) in [6, 6.07) is 11.7. The lowest BCUT2D eigenvalue weighted by Crippen LogP contribution is -2.28. The highest BCUT2D eigenvalue weighted by Crippen LogP contribution is 2.32. The van der Waals surface area contributed by atoms with Crippen molar-refractivity contribution in [1.82, 2.24) is 19.4 Å². The molecule has 4 aromatic rings. The summed E-state index contributed by atoms with van der Waals surface area (Å²) in [5.74, 6) is 2.34. The third-order valence-electron chi connectivity index (χ3n) is 5.91. The van der Waals surface area contributed by atoms with Gasteiger partial charge in [-0.2, -0.15) is 4.98 Å². The number of nitrogens with one attached hydrogen (secondary N) is 1. The van der Waals surface area contributed by atoms with Crippen LogP contribution in [0, 0.1) is 18.2 Å². The normalized spacial score (nSPS) is 11.1. The number of halogens is 2. The minimum absolute atomic E-state index is 0.135. The van der Waals surface area contributed by atoms with Crippen molar-refractivity contribution >= 4 is 40.0 Å². The fraction of sp³-hybridized carbons (Fsp3) is 0.222. The molecule has 0 bridgehead atoms. The molecule has 0 saturated carbocycles. The number of aryl methyl sites for hydroxylation is 1. The molecule has 2 heterocycles. The third-order valence-corrected chi connectivity index (χ3v) is 6.24. The maximum atomic E-state index is 14.0. The van der Waals surface area contributed by atoms with Gasteiger partial charge in [-0.25, -0.2) is 9.37 Å². The molecule has 36 heavy (non-hydrogen) atoms. The average molecular weight is 505 g/mol. The molecule has 1 N–H and O–H groups in total. The smallest absolute Gasteiger partial charge is 0.261 e. The number of hydrogen-bond acceptors (Lipinski definition) is 6. The second-order valence-electron chi connectivity index (χ2n) is 8.71. The van der Waals surface area contributed by atoms with E-state index in [2.05, 4.69) is 31.0 Å². The van der Waals surface area contributed by atoms with E-state index in [9.17, 15) is 9.18 Å². The second-order valence-corrected chi connectivity index (χ2v) is 9.12. The van der Waals surface area contributed by atoms with E-state index in [4.69, 9.17) is 18.0 Å². The molecule has 0 unspecified atom stereocenters. The maximum Gasteiger partial charge on any atom is 0.261 e. The van der Waals surface area contributed by atoms with Gasteiger partial charge in [-0.1, -0.05) is 17.5 Å². The van der Waals surface area contributed by atoms with Gasteiger partial charge in [0.25, 0.3) is 5.56 Å². The lowest BCUT2D eigenvalue weighted by atomic mass is 9.99. The molecule has 184 valence electrons. The van der Waals surface area contributed by atoms with E-state index >= 15 is 0 Å². The molecule has 0 atom stereocenters. The number of likely N-dealkylation sites (N-methyl/N-ethyl adjacent to an activating group) is 2. The van der Waals surface area contributed by atoms with E-state index in [1.54, 1.807) is 13.2 Å². The van der Waals surface area contributed by atoms with Crippen LogP contribution in [-0.4, -0.2) is 53.7 Å². The van der Waals surface area contributed by atoms with Crippen molar-refractivity contribution < 1.29 is 4.39 Å². The van der Waals surface area contributed by atoms with Gasteiger partial charge in [0.1, 0.15) is 11.5 Å². The summed E-state index contributed by atoms with van der Waals surface area (Å²) in [4.78, 5) is 26.6. The van der Waals surface area contributed by atoms with E-state index in [0.29, 0.717) is 17.0 Å². The molecule has 0 spiro atoms. The molecule has 2 aromatic carbocycles. The van der Waals surface area contributed by atoms with E-state index in [0.717, 1.165) is 24.5 Å². The lowest BCUT2D eigenvalue weighted by Gasteiger charge is -2.21. The second kappa shape index (κ2) is 10.4. The molecule has 9 heteroatoms. The molecule has 0 aliphatic carbocycles. The first-order chi connectivity index (χ1) is 17.2. The molecule has 0 amide bonds. The van der Waals surface area contributed by atoms with Crippen molar-refractivity contribution in [3.63, 3.8) is 0 Å². The van der Waals surface area contributed by atoms with Gasteiger partial charge < -0.3 is 15.1 Å². The highest BCUT2D eigenvalue weighted by molar-refractivity contribution is 6.33. The average Bonchev–Trinajstić information content (AvgIpc) is 2.86. The van der Waals surface area contributed by atoms with E-state index in [-0.39, 0.29) is 21.7 Å². The van der Waals surface area contributed by atoms with Crippen molar-refractivity contribution in [1.29, 1.82) is 0 Å². The third kappa shape index (κ3) is 5.03. The van der Waals surface area contributed by atoms with Crippen LogP contribution in [-0.2, 0) is 7.05 Å².